The number of nitriles is 1. The lowest BCUT2D eigenvalue weighted by Crippen LogP contribution is -2.20. The van der Waals surface area contributed by atoms with Crippen LogP contribution in [0.15, 0.2) is 55.0 Å². The molecule has 3 aromatic heterocycles. The van der Waals surface area contributed by atoms with Crippen molar-refractivity contribution in [1.29, 1.82) is 5.26 Å². The third-order valence-corrected chi connectivity index (χ3v) is 4.65. The molecule has 144 valence electrons. The zero-order valence-electron chi connectivity index (χ0n) is 15.7. The van der Waals surface area contributed by atoms with Gasteiger partial charge in [-0.25, -0.2) is 18.7 Å². The molecule has 0 atom stereocenters. The molecule has 4 aromatic rings. The Kier molecular flexibility index (Phi) is 4.36. The summed E-state index contributed by atoms with van der Waals surface area (Å²) in [6.07, 6.45) is 4.67. The minimum Gasteiger partial charge on any atom is -0.386 e. The van der Waals surface area contributed by atoms with Gasteiger partial charge in [0, 0.05) is 29.7 Å². The number of fused-ring (bicyclic) bond motifs is 1. The number of aliphatic hydroxyl groups is 1. The van der Waals surface area contributed by atoms with E-state index in [1.165, 1.54) is 42.6 Å². The minimum absolute atomic E-state index is 0.0369. The van der Waals surface area contributed by atoms with Gasteiger partial charge in [-0.15, -0.1) is 0 Å². The Morgan fingerprint density at radius 1 is 1.10 bits per heavy atom. The molecular weight excluding hydrogens is 374 g/mol. The van der Waals surface area contributed by atoms with Crippen molar-refractivity contribution in [2.75, 3.05) is 0 Å². The molecule has 4 rings (SSSR count). The number of aromatic nitrogens is 3. The van der Waals surface area contributed by atoms with E-state index in [9.17, 15) is 14.8 Å². The second-order valence-corrected chi connectivity index (χ2v) is 7.13. The van der Waals surface area contributed by atoms with Crippen LogP contribution in [0.4, 0.5) is 8.78 Å². The number of imidazole rings is 1. The Balaban J connectivity index is 2.00. The average molecular weight is 390 g/mol. The van der Waals surface area contributed by atoms with Gasteiger partial charge >= 0.3 is 0 Å². The van der Waals surface area contributed by atoms with Gasteiger partial charge in [0.05, 0.1) is 34.2 Å². The van der Waals surface area contributed by atoms with E-state index < -0.39 is 17.2 Å². The molecule has 5 nitrogen and oxygen atoms in total. The molecule has 1 N–H and O–H groups in total. The summed E-state index contributed by atoms with van der Waals surface area (Å²) in [6.45, 7) is 2.95. The summed E-state index contributed by atoms with van der Waals surface area (Å²) in [5.74, 6) is -1.23. The number of rotatable bonds is 3. The van der Waals surface area contributed by atoms with E-state index in [-0.39, 0.29) is 28.0 Å². The van der Waals surface area contributed by atoms with Crippen LogP contribution in [0, 0.1) is 23.0 Å². The minimum atomic E-state index is -1.51. The lowest BCUT2D eigenvalue weighted by molar-refractivity contribution is 0.0752. The standard InChI is InChI=1S/C22H16F2N4O/c1-22(2,29)19-14(12-28-10-9-26-21(28)20(19)24)16-7-4-8-17(27-16)18-13(11-25)5-3-6-15(18)23/h3-10,12,29H,1-2H3. The maximum absolute atomic E-state index is 15.2. The monoisotopic (exact) mass is 390 g/mol. The summed E-state index contributed by atoms with van der Waals surface area (Å²) in [5.41, 5.74) is -0.249. The third kappa shape index (κ3) is 3.13. The molecule has 0 aliphatic carbocycles. The molecule has 7 heteroatoms. The molecule has 0 unspecified atom stereocenters. The van der Waals surface area contributed by atoms with Crippen LogP contribution in [0.3, 0.4) is 0 Å². The molecule has 0 bridgehead atoms. The highest BCUT2D eigenvalue weighted by atomic mass is 19.1. The lowest BCUT2D eigenvalue weighted by atomic mass is 9.92. The molecule has 0 aliphatic rings. The van der Waals surface area contributed by atoms with Crippen molar-refractivity contribution in [3.05, 3.63) is 77.8 Å². The Morgan fingerprint density at radius 2 is 1.83 bits per heavy atom. The number of nitrogens with zero attached hydrogens (tertiary/aromatic N) is 4. The fourth-order valence-electron chi connectivity index (χ4n) is 3.41. The van der Waals surface area contributed by atoms with Gasteiger partial charge in [0.15, 0.2) is 11.5 Å². The number of hydrogen-bond acceptors (Lipinski definition) is 4. The van der Waals surface area contributed by atoms with Crippen LogP contribution in [0.25, 0.3) is 28.2 Å². The van der Waals surface area contributed by atoms with Crippen molar-refractivity contribution in [2.45, 2.75) is 19.4 Å². The molecule has 0 radical (unpaired) electrons. The van der Waals surface area contributed by atoms with E-state index in [2.05, 4.69) is 9.97 Å². The maximum Gasteiger partial charge on any atom is 0.173 e. The first-order chi connectivity index (χ1) is 13.8. The highest BCUT2D eigenvalue weighted by Gasteiger charge is 2.28. The van der Waals surface area contributed by atoms with Gasteiger partial charge in [0.25, 0.3) is 0 Å². The third-order valence-electron chi connectivity index (χ3n) is 4.65. The Labute approximate surface area is 165 Å². The molecule has 0 spiro atoms. The largest absolute Gasteiger partial charge is 0.386 e. The predicted octanol–water partition coefficient (Wildman–Crippen LogP) is 4.44. The number of benzene rings is 1. The van der Waals surface area contributed by atoms with Crippen LogP contribution < -0.4 is 0 Å². The van der Waals surface area contributed by atoms with Crippen LogP contribution in [0.5, 0.6) is 0 Å². The van der Waals surface area contributed by atoms with Gasteiger partial charge in [0.1, 0.15) is 5.82 Å². The first kappa shape index (κ1) is 18.7. The van der Waals surface area contributed by atoms with E-state index in [0.717, 1.165) is 0 Å². The van der Waals surface area contributed by atoms with E-state index in [1.54, 1.807) is 30.6 Å². The summed E-state index contributed by atoms with van der Waals surface area (Å²) in [5, 5.41) is 19.9. The Bertz CT molecular complexity index is 1280. The average Bonchev–Trinajstić information content (AvgIpc) is 3.16. The van der Waals surface area contributed by atoms with Crippen LogP contribution in [0.2, 0.25) is 0 Å². The van der Waals surface area contributed by atoms with E-state index >= 15 is 4.39 Å². The SMILES string of the molecule is CC(C)(O)c1c(-c2cccc(-c3c(F)cccc3C#N)n2)cn2ccnc2c1F. The quantitative estimate of drug-likeness (QED) is 0.561. The van der Waals surface area contributed by atoms with Gasteiger partial charge in [-0.2, -0.15) is 5.26 Å². The number of hydrogen-bond donors (Lipinski definition) is 1. The topological polar surface area (TPSA) is 74.2 Å². The van der Waals surface area contributed by atoms with Gasteiger partial charge in [-0.3, -0.25) is 0 Å². The van der Waals surface area contributed by atoms with Gasteiger partial charge in [0.2, 0.25) is 0 Å². The van der Waals surface area contributed by atoms with Crippen molar-refractivity contribution in [2.24, 2.45) is 0 Å². The smallest absolute Gasteiger partial charge is 0.173 e. The second kappa shape index (κ2) is 6.76. The molecule has 0 aliphatic heterocycles. The Hall–Kier alpha value is -3.63. The zero-order valence-corrected chi connectivity index (χ0v) is 15.7. The van der Waals surface area contributed by atoms with Crippen LogP contribution in [-0.2, 0) is 5.60 Å². The van der Waals surface area contributed by atoms with Crippen molar-refractivity contribution in [3.8, 4) is 28.6 Å². The highest BCUT2D eigenvalue weighted by molar-refractivity contribution is 5.73. The molecule has 3 heterocycles. The van der Waals surface area contributed by atoms with Crippen molar-refractivity contribution in [1.82, 2.24) is 14.4 Å². The van der Waals surface area contributed by atoms with Gasteiger partial charge in [-0.05, 0) is 38.1 Å². The first-order valence-electron chi connectivity index (χ1n) is 8.85. The molecule has 1 aromatic carbocycles. The number of halogens is 2. The fraction of sp³-hybridized carbons (Fsp3) is 0.136. The van der Waals surface area contributed by atoms with Gasteiger partial charge < -0.3 is 9.51 Å². The summed E-state index contributed by atoms with van der Waals surface area (Å²) in [6, 6.07) is 11.1. The van der Waals surface area contributed by atoms with Gasteiger partial charge in [-0.1, -0.05) is 12.1 Å². The molecule has 0 amide bonds. The fourth-order valence-corrected chi connectivity index (χ4v) is 3.41. The highest BCUT2D eigenvalue weighted by Crippen LogP contribution is 2.35. The predicted molar refractivity (Wildman–Crippen MR) is 104 cm³/mol. The van der Waals surface area contributed by atoms with Crippen LogP contribution >= 0.6 is 0 Å². The summed E-state index contributed by atoms with van der Waals surface area (Å²) in [7, 11) is 0. The van der Waals surface area contributed by atoms with Crippen molar-refractivity contribution < 1.29 is 13.9 Å². The molecule has 0 saturated heterocycles. The molecule has 0 saturated carbocycles. The molecule has 0 fully saturated rings. The summed E-state index contributed by atoms with van der Waals surface area (Å²) >= 11 is 0. The second-order valence-electron chi connectivity index (χ2n) is 7.13. The van der Waals surface area contributed by atoms with Crippen LogP contribution in [0.1, 0.15) is 25.0 Å². The van der Waals surface area contributed by atoms with E-state index in [0.29, 0.717) is 11.3 Å². The van der Waals surface area contributed by atoms with E-state index in [1.807, 2.05) is 6.07 Å². The summed E-state index contributed by atoms with van der Waals surface area (Å²) < 4.78 is 31.1. The van der Waals surface area contributed by atoms with Crippen molar-refractivity contribution >= 4 is 5.65 Å². The Morgan fingerprint density at radius 3 is 2.55 bits per heavy atom. The normalized spacial score (nSPS) is 11.6. The van der Waals surface area contributed by atoms with Crippen LogP contribution in [-0.4, -0.2) is 19.5 Å². The maximum atomic E-state index is 15.2. The zero-order chi connectivity index (χ0) is 20.8. The van der Waals surface area contributed by atoms with Crippen molar-refractivity contribution in [3.63, 3.8) is 0 Å². The first-order valence-corrected chi connectivity index (χ1v) is 8.85. The summed E-state index contributed by atoms with van der Waals surface area (Å²) in [4.78, 5) is 8.48. The van der Waals surface area contributed by atoms with E-state index in [4.69, 9.17) is 0 Å². The lowest BCUT2D eigenvalue weighted by Gasteiger charge is -2.23. The number of pyridine rings is 2. The molecular formula is C22H16F2N4O. The molecule has 29 heavy (non-hydrogen) atoms.